The van der Waals surface area contributed by atoms with Gasteiger partial charge in [0.25, 0.3) is 5.91 Å². The summed E-state index contributed by atoms with van der Waals surface area (Å²) in [7, 11) is 0. The van der Waals surface area contributed by atoms with Gasteiger partial charge in [-0.3, -0.25) is 4.79 Å². The largest absolute Gasteiger partial charge is 0.368 e. The maximum absolute atomic E-state index is 12.1. The molecule has 1 aliphatic rings. The van der Waals surface area contributed by atoms with Gasteiger partial charge in [0.2, 0.25) is 5.95 Å². The Morgan fingerprint density at radius 1 is 1.00 bits per heavy atom. The van der Waals surface area contributed by atoms with Crippen LogP contribution in [0.15, 0.2) is 42.7 Å². The molecule has 26 heavy (non-hydrogen) atoms. The lowest BCUT2D eigenvalue weighted by Crippen LogP contribution is -2.47. The minimum Gasteiger partial charge on any atom is -0.368 e. The fourth-order valence-electron chi connectivity index (χ4n) is 3.08. The highest BCUT2D eigenvalue weighted by Gasteiger charge is 2.19. The molecular weight excluding hydrogens is 326 g/mol. The van der Waals surface area contributed by atoms with Crippen LogP contribution < -0.4 is 15.1 Å². The molecule has 2 heterocycles. The molecule has 6 nitrogen and oxygen atoms in total. The van der Waals surface area contributed by atoms with Crippen molar-refractivity contribution in [3.63, 3.8) is 0 Å². The zero-order valence-electron chi connectivity index (χ0n) is 15.4. The predicted molar refractivity (Wildman–Crippen MR) is 105 cm³/mol. The summed E-state index contributed by atoms with van der Waals surface area (Å²) in [5, 5.41) is 2.92. The van der Waals surface area contributed by atoms with Gasteiger partial charge < -0.3 is 15.1 Å². The van der Waals surface area contributed by atoms with Crippen molar-refractivity contribution in [3.05, 3.63) is 48.3 Å². The molecule has 1 aromatic carbocycles. The molecule has 0 unspecified atom stereocenters. The number of amides is 1. The van der Waals surface area contributed by atoms with Crippen LogP contribution in [-0.2, 0) is 0 Å². The second-order valence-corrected chi connectivity index (χ2v) is 6.54. The molecule has 0 saturated carbocycles. The molecule has 138 valence electrons. The first-order valence-electron chi connectivity index (χ1n) is 9.43. The van der Waals surface area contributed by atoms with Gasteiger partial charge in [-0.1, -0.05) is 38.0 Å². The van der Waals surface area contributed by atoms with Gasteiger partial charge in [0.05, 0.1) is 5.56 Å². The van der Waals surface area contributed by atoms with Gasteiger partial charge in [0.1, 0.15) is 0 Å². The molecule has 6 heteroatoms. The first kappa shape index (κ1) is 18.2. The van der Waals surface area contributed by atoms with Gasteiger partial charge >= 0.3 is 0 Å². The highest BCUT2D eigenvalue weighted by Crippen LogP contribution is 2.17. The third-order valence-corrected chi connectivity index (χ3v) is 4.65. The Labute approximate surface area is 155 Å². The normalized spacial score (nSPS) is 14.3. The van der Waals surface area contributed by atoms with Crippen molar-refractivity contribution < 1.29 is 4.79 Å². The maximum Gasteiger partial charge on any atom is 0.254 e. The minimum absolute atomic E-state index is 0.0958. The van der Waals surface area contributed by atoms with E-state index < -0.39 is 0 Å². The molecule has 0 radical (unpaired) electrons. The molecule has 0 aliphatic carbocycles. The summed E-state index contributed by atoms with van der Waals surface area (Å²) < 4.78 is 0. The molecular formula is C20H27N5O. The average Bonchev–Trinajstić information content (AvgIpc) is 2.72. The van der Waals surface area contributed by atoms with Crippen LogP contribution in [0.5, 0.6) is 0 Å². The second kappa shape index (κ2) is 9.17. The Balaban J connectivity index is 1.51. The number of hydrogen-bond acceptors (Lipinski definition) is 5. The van der Waals surface area contributed by atoms with Gasteiger partial charge in [0.15, 0.2) is 0 Å². The lowest BCUT2D eigenvalue weighted by Gasteiger charge is -2.36. The fourth-order valence-corrected chi connectivity index (χ4v) is 3.08. The lowest BCUT2D eigenvalue weighted by atomic mass is 10.2. The van der Waals surface area contributed by atoms with Gasteiger partial charge in [-0.2, -0.15) is 0 Å². The number of carbonyl (C=O) groups is 1. The second-order valence-electron chi connectivity index (χ2n) is 6.54. The first-order valence-corrected chi connectivity index (χ1v) is 9.43. The smallest absolute Gasteiger partial charge is 0.254 e. The number of anilines is 2. The fraction of sp³-hybridized carbons (Fsp3) is 0.450. The highest BCUT2D eigenvalue weighted by molar-refractivity contribution is 5.93. The van der Waals surface area contributed by atoms with Crippen molar-refractivity contribution in [3.8, 4) is 0 Å². The van der Waals surface area contributed by atoms with E-state index in [1.165, 1.54) is 5.69 Å². The number of benzene rings is 1. The van der Waals surface area contributed by atoms with E-state index in [4.69, 9.17) is 0 Å². The molecule has 0 spiro atoms. The molecule has 3 rings (SSSR count). The van der Waals surface area contributed by atoms with Crippen LogP contribution >= 0.6 is 0 Å². The van der Waals surface area contributed by atoms with E-state index in [1.807, 2.05) is 6.07 Å². The Hall–Kier alpha value is -2.63. The van der Waals surface area contributed by atoms with Crippen LogP contribution in [0.25, 0.3) is 0 Å². The van der Waals surface area contributed by atoms with Gasteiger partial charge in [0, 0.05) is 50.8 Å². The number of piperazine rings is 1. The summed E-state index contributed by atoms with van der Waals surface area (Å²) in [6.07, 6.45) is 6.53. The molecule has 1 fully saturated rings. The topological polar surface area (TPSA) is 61.4 Å². The summed E-state index contributed by atoms with van der Waals surface area (Å²) >= 11 is 0. The molecule has 2 aromatic rings. The molecule has 1 amide bonds. The average molecular weight is 353 g/mol. The minimum atomic E-state index is -0.0958. The number of carbonyl (C=O) groups excluding carboxylic acids is 1. The molecule has 1 aromatic heterocycles. The van der Waals surface area contributed by atoms with Crippen LogP contribution in [0.2, 0.25) is 0 Å². The van der Waals surface area contributed by atoms with Crippen molar-refractivity contribution in [2.75, 3.05) is 42.5 Å². The van der Waals surface area contributed by atoms with Crippen molar-refractivity contribution in [1.29, 1.82) is 0 Å². The van der Waals surface area contributed by atoms with Crippen LogP contribution in [0, 0.1) is 0 Å². The van der Waals surface area contributed by atoms with Gasteiger partial charge in [-0.15, -0.1) is 0 Å². The van der Waals surface area contributed by atoms with Crippen LogP contribution in [0.1, 0.15) is 36.5 Å². The molecule has 0 atom stereocenters. The summed E-state index contributed by atoms with van der Waals surface area (Å²) in [4.78, 5) is 25.4. The Morgan fingerprint density at radius 2 is 1.65 bits per heavy atom. The van der Waals surface area contributed by atoms with Crippen molar-refractivity contribution in [1.82, 2.24) is 15.3 Å². The van der Waals surface area contributed by atoms with Crippen LogP contribution in [0.4, 0.5) is 11.6 Å². The number of nitrogens with one attached hydrogen (secondary N) is 1. The standard InChI is InChI=1S/C20H27N5O/c1-2-3-7-10-21-19(26)17-15-22-20(23-16-17)25-13-11-24(12-14-25)18-8-5-4-6-9-18/h4-6,8-9,15-16H,2-3,7,10-14H2,1H3,(H,21,26). The van der Waals surface area contributed by atoms with Gasteiger partial charge in [-0.25, -0.2) is 9.97 Å². The van der Waals surface area contributed by atoms with Crippen LogP contribution in [-0.4, -0.2) is 48.6 Å². The number of aromatic nitrogens is 2. The Morgan fingerprint density at radius 3 is 2.31 bits per heavy atom. The molecule has 0 bridgehead atoms. The number of para-hydroxylation sites is 1. The number of nitrogens with zero attached hydrogens (tertiary/aromatic N) is 4. The van der Waals surface area contributed by atoms with E-state index in [1.54, 1.807) is 12.4 Å². The predicted octanol–water partition coefficient (Wildman–Crippen LogP) is 2.72. The highest BCUT2D eigenvalue weighted by atomic mass is 16.1. The molecule has 1 aliphatic heterocycles. The van der Waals surface area contributed by atoms with E-state index >= 15 is 0 Å². The van der Waals surface area contributed by atoms with E-state index in [-0.39, 0.29) is 5.91 Å². The zero-order valence-corrected chi connectivity index (χ0v) is 15.4. The third-order valence-electron chi connectivity index (χ3n) is 4.65. The summed E-state index contributed by atoms with van der Waals surface area (Å²) in [5.41, 5.74) is 1.77. The van der Waals surface area contributed by atoms with E-state index in [0.717, 1.165) is 45.4 Å². The number of hydrogen-bond donors (Lipinski definition) is 1. The third kappa shape index (κ3) is 4.71. The Bertz CT molecular complexity index is 681. The van der Waals surface area contributed by atoms with E-state index in [9.17, 15) is 4.79 Å². The number of unbranched alkanes of at least 4 members (excludes halogenated alkanes) is 2. The summed E-state index contributed by atoms with van der Waals surface area (Å²) in [6.45, 7) is 6.47. The number of rotatable bonds is 7. The summed E-state index contributed by atoms with van der Waals surface area (Å²) in [6, 6.07) is 10.4. The zero-order chi connectivity index (χ0) is 18.2. The van der Waals surface area contributed by atoms with Crippen molar-refractivity contribution >= 4 is 17.5 Å². The molecule has 1 saturated heterocycles. The maximum atomic E-state index is 12.1. The van der Waals surface area contributed by atoms with Crippen molar-refractivity contribution in [2.24, 2.45) is 0 Å². The quantitative estimate of drug-likeness (QED) is 0.776. The van der Waals surface area contributed by atoms with Crippen molar-refractivity contribution in [2.45, 2.75) is 26.2 Å². The Kier molecular flexibility index (Phi) is 6.41. The lowest BCUT2D eigenvalue weighted by molar-refractivity contribution is 0.0952. The SMILES string of the molecule is CCCCCNC(=O)c1cnc(N2CCN(c3ccccc3)CC2)nc1. The van der Waals surface area contributed by atoms with E-state index in [0.29, 0.717) is 18.1 Å². The van der Waals surface area contributed by atoms with E-state index in [2.05, 4.69) is 56.3 Å². The molecule has 1 N–H and O–H groups in total. The van der Waals surface area contributed by atoms with Crippen LogP contribution in [0.3, 0.4) is 0 Å². The summed E-state index contributed by atoms with van der Waals surface area (Å²) in [5.74, 6) is 0.599. The first-order chi connectivity index (χ1) is 12.8. The van der Waals surface area contributed by atoms with Gasteiger partial charge in [-0.05, 0) is 18.6 Å². The monoisotopic (exact) mass is 353 g/mol.